The van der Waals surface area contributed by atoms with Crippen molar-refractivity contribution in [3.05, 3.63) is 0 Å². The van der Waals surface area contributed by atoms with Gasteiger partial charge in [0.2, 0.25) is 0 Å². The Bertz CT molecular complexity index is 56.4. The molecule has 0 atom stereocenters. The molecule has 0 aliphatic rings. The van der Waals surface area contributed by atoms with Gasteiger partial charge in [0, 0.05) is 9.62 Å². The molecule has 0 aromatic heterocycles. The average molecular weight is 86.1 g/mol. The zero-order chi connectivity index (χ0) is 6.08. The van der Waals surface area contributed by atoms with Crippen LogP contribution in [0.3, 0.4) is 0 Å². The minimum atomic E-state index is -4.67. The Balaban J connectivity index is 3.54. The molecular formula is C2H3F3. The molecule has 0 spiro atoms. The number of halogens is 3. The summed E-state index contributed by atoms with van der Waals surface area (Å²) >= 11 is 0. The van der Waals surface area contributed by atoms with Gasteiger partial charge in [-0.05, 0) is 0 Å². The van der Waals surface area contributed by atoms with E-state index in [-0.39, 0.29) is 0 Å². The van der Waals surface area contributed by atoms with E-state index in [1.807, 2.05) is 0 Å². The Morgan fingerprint density at radius 1 is 1.60 bits per heavy atom. The van der Waals surface area contributed by atoms with Crippen molar-refractivity contribution in [2.75, 3.05) is 0 Å². The molecule has 5 heavy (non-hydrogen) atoms. The normalized spacial score (nSPS) is 18.4. The Morgan fingerprint density at radius 3 is 1.80 bits per heavy atom. The molecule has 0 radical (unpaired) electrons. The topological polar surface area (TPSA) is 0 Å². The Kier molecular flexibility index (Phi) is 0.361. The third-order valence-corrected chi connectivity index (χ3v) is 0. The van der Waals surface area contributed by atoms with Crippen LogP contribution in [0.5, 0.6) is 0 Å². The summed E-state index contributed by atoms with van der Waals surface area (Å²) in [7, 11) is 0. The van der Waals surface area contributed by atoms with Crippen LogP contribution >= 0.6 is 0 Å². The number of rotatable bonds is 0. The van der Waals surface area contributed by atoms with Gasteiger partial charge in [0.25, 0.3) is 0 Å². The molecule has 0 saturated carbocycles. The molecule has 0 aromatic carbocycles. The monoisotopic (exact) mass is 86.0 g/mol. The molecule has 3 heteroatoms. The third kappa shape index (κ3) is 275. The molecule has 0 fully saturated rings. The van der Waals surface area contributed by atoms with Crippen LogP contribution in [0.2, 0.25) is 0 Å². The molecule has 32 valence electrons. The summed E-state index contributed by atoms with van der Waals surface area (Å²) in [6.07, 6.45) is -4.67. The maximum atomic E-state index is 10.8. The fourth-order valence-electron chi connectivity index (χ4n) is 0. The van der Waals surface area contributed by atoms with Crippen LogP contribution in [-0.4, -0.2) is 6.18 Å². The summed E-state index contributed by atoms with van der Waals surface area (Å²) in [6, 6.07) is 0. The lowest BCUT2D eigenvalue weighted by Crippen LogP contribution is -1.95. The lowest BCUT2D eigenvalue weighted by atomic mass is 10.8. The van der Waals surface area contributed by atoms with Crippen molar-refractivity contribution in [1.29, 1.82) is 0 Å². The van der Waals surface area contributed by atoms with Gasteiger partial charge in [-0.25, -0.2) is 0 Å². The molecule has 0 aliphatic carbocycles. The highest BCUT2D eigenvalue weighted by Crippen LogP contribution is 2.10. The van der Waals surface area contributed by atoms with Gasteiger partial charge in [0.05, 0.1) is 0 Å². The second-order valence-corrected chi connectivity index (χ2v) is 0.542. The van der Waals surface area contributed by atoms with Crippen LogP contribution in [0.1, 0.15) is 9.62 Å². The minimum Gasteiger partial charge on any atom is -0.172 e. The van der Waals surface area contributed by atoms with E-state index >= 15 is 0 Å². The van der Waals surface area contributed by atoms with Crippen LogP contribution in [0.25, 0.3) is 0 Å². The Hall–Kier alpha value is -0.210. The first-order chi connectivity index (χ1) is 2.94. The minimum absolute atomic E-state index is 2.70. The Labute approximate surface area is 30.4 Å². The maximum Gasteiger partial charge on any atom is 0.386 e. The summed E-state index contributed by atoms with van der Waals surface area (Å²) < 4.78 is 44.0. The van der Waals surface area contributed by atoms with E-state index in [4.69, 9.17) is 2.74 Å². The highest BCUT2D eigenvalue weighted by atomic mass is 19.4. The van der Waals surface area contributed by atoms with Crippen molar-refractivity contribution in [2.45, 2.75) is 13.1 Å². The molecule has 0 rings (SSSR count). The maximum absolute atomic E-state index is 10.8. The lowest BCUT2D eigenvalue weighted by molar-refractivity contribution is -0.110. The first kappa shape index (κ1) is 2.05. The molecule has 0 amide bonds. The molecular weight excluding hydrogens is 81.0 g/mol. The number of hydrogen-bond acceptors (Lipinski definition) is 0. The first-order valence-electron chi connectivity index (χ1n) is 2.01. The zero-order valence-electron chi connectivity index (χ0n) is 4.21. The summed E-state index contributed by atoms with van der Waals surface area (Å²) in [5.41, 5.74) is 0. The van der Waals surface area contributed by atoms with E-state index in [9.17, 15) is 13.2 Å². The van der Waals surface area contributed by atoms with E-state index in [1.165, 1.54) is 0 Å². The van der Waals surface area contributed by atoms with Crippen LogP contribution in [0.4, 0.5) is 13.2 Å². The largest absolute Gasteiger partial charge is 0.386 e. The van der Waals surface area contributed by atoms with Gasteiger partial charge in [-0.15, -0.1) is 0 Å². The van der Waals surface area contributed by atoms with Gasteiger partial charge in [-0.2, -0.15) is 13.2 Å². The summed E-state index contributed by atoms with van der Waals surface area (Å²) in [6.45, 7) is -2.70. The van der Waals surface area contributed by atoms with Crippen LogP contribution in [0.15, 0.2) is 0 Å². The highest BCUT2D eigenvalue weighted by molar-refractivity contribution is 4.26. The molecule has 0 bridgehead atoms. The molecule has 0 nitrogen and oxygen atoms in total. The smallest absolute Gasteiger partial charge is 0.172 e. The predicted octanol–water partition coefficient (Wildman–Crippen LogP) is 1.57. The first-order valence-corrected chi connectivity index (χ1v) is 0.856. The number of alkyl halides is 3. The van der Waals surface area contributed by atoms with Crippen molar-refractivity contribution in [1.82, 2.24) is 0 Å². The van der Waals surface area contributed by atoms with Crippen molar-refractivity contribution < 1.29 is 15.9 Å². The lowest BCUT2D eigenvalue weighted by Gasteiger charge is -1.88. The molecule has 0 heterocycles. The second kappa shape index (κ2) is 0.880. The molecule has 0 aliphatic heterocycles. The summed E-state index contributed by atoms with van der Waals surface area (Å²) in [5.74, 6) is 0. The standard InChI is InChI=1S/C2H3F3/c1-2(3,4)5/h1H3/i1D2. The van der Waals surface area contributed by atoms with E-state index in [0.717, 1.165) is 0 Å². The SMILES string of the molecule is [2H]C([2H])C(F)(F)F. The van der Waals surface area contributed by atoms with Gasteiger partial charge in [-0.1, -0.05) is 0 Å². The highest BCUT2D eigenvalue weighted by Gasteiger charge is 2.15. The van der Waals surface area contributed by atoms with Gasteiger partial charge in [0.15, 0.2) is 0 Å². The molecule has 0 unspecified atom stereocenters. The van der Waals surface area contributed by atoms with Crippen molar-refractivity contribution in [3.63, 3.8) is 0 Å². The molecule has 0 aromatic rings. The van der Waals surface area contributed by atoms with Crippen LogP contribution in [0, 0.1) is 0 Å². The van der Waals surface area contributed by atoms with Gasteiger partial charge in [0.1, 0.15) is 0 Å². The van der Waals surface area contributed by atoms with Gasteiger partial charge in [-0.3, -0.25) is 0 Å². The van der Waals surface area contributed by atoms with E-state index < -0.39 is 13.1 Å². The third-order valence-electron chi connectivity index (χ3n) is 0. The van der Waals surface area contributed by atoms with E-state index in [2.05, 4.69) is 0 Å². The van der Waals surface area contributed by atoms with Crippen molar-refractivity contribution >= 4 is 0 Å². The quantitative estimate of drug-likeness (QED) is 0.419. The van der Waals surface area contributed by atoms with Crippen LogP contribution in [-0.2, 0) is 0 Å². The van der Waals surface area contributed by atoms with E-state index in [1.54, 1.807) is 0 Å². The van der Waals surface area contributed by atoms with E-state index in [0.29, 0.717) is 0 Å². The molecule has 0 N–H and O–H groups in total. The van der Waals surface area contributed by atoms with Gasteiger partial charge >= 0.3 is 6.18 Å². The Morgan fingerprint density at radius 2 is 1.80 bits per heavy atom. The fraction of sp³-hybridized carbons (Fsp3) is 1.00. The van der Waals surface area contributed by atoms with Gasteiger partial charge < -0.3 is 0 Å². The average Bonchev–Trinajstić information content (AvgIpc) is 1.31. The fourth-order valence-corrected chi connectivity index (χ4v) is 0. The number of hydrogen-bond donors (Lipinski definition) is 0. The van der Waals surface area contributed by atoms with Crippen LogP contribution < -0.4 is 0 Å². The van der Waals surface area contributed by atoms with Crippen molar-refractivity contribution in [2.24, 2.45) is 0 Å². The zero-order valence-corrected chi connectivity index (χ0v) is 2.21. The predicted molar refractivity (Wildman–Crippen MR) is 11.7 cm³/mol. The second-order valence-electron chi connectivity index (χ2n) is 0.542. The summed E-state index contributed by atoms with van der Waals surface area (Å²) in [4.78, 5) is 0. The summed E-state index contributed by atoms with van der Waals surface area (Å²) in [5, 5.41) is 0. The van der Waals surface area contributed by atoms with Crippen molar-refractivity contribution in [3.8, 4) is 0 Å². The molecule has 0 saturated heterocycles.